The first-order chi connectivity index (χ1) is 20.0. The molecule has 4 rings (SSSR count). The van der Waals surface area contributed by atoms with Crippen molar-refractivity contribution in [3.8, 4) is 0 Å². The molecule has 5 N–H and O–H groups in total. The molecule has 3 aliphatic rings. The fourth-order valence-corrected chi connectivity index (χ4v) is 7.19. The number of fused-ring (bicyclic) bond motifs is 1. The van der Waals surface area contributed by atoms with Gasteiger partial charge in [0.05, 0.1) is 18.2 Å². The summed E-state index contributed by atoms with van der Waals surface area (Å²) in [6.45, 7) is 6.58. The van der Waals surface area contributed by atoms with Gasteiger partial charge in [-0.25, -0.2) is 4.79 Å². The van der Waals surface area contributed by atoms with Crippen LogP contribution in [0.3, 0.4) is 0 Å². The van der Waals surface area contributed by atoms with E-state index in [1.165, 1.54) is 11.8 Å². The minimum Gasteiger partial charge on any atom is -0.445 e. The number of likely N-dealkylation sites (tertiary alicyclic amines) is 1. The molecule has 1 aromatic rings. The van der Waals surface area contributed by atoms with Crippen molar-refractivity contribution in [3.05, 3.63) is 35.9 Å². The molecule has 12 heteroatoms. The molecule has 0 spiro atoms. The third kappa shape index (κ3) is 7.58. The van der Waals surface area contributed by atoms with E-state index in [-0.39, 0.29) is 19.1 Å². The van der Waals surface area contributed by atoms with Gasteiger partial charge in [0, 0.05) is 19.1 Å². The molecule has 3 saturated heterocycles. The minimum atomic E-state index is -1.57. The molecule has 236 valence electrons. The quantitative estimate of drug-likeness (QED) is 0.278. The van der Waals surface area contributed by atoms with Crippen molar-refractivity contribution in [1.82, 2.24) is 10.2 Å². The molecule has 1 aromatic carbocycles. The predicted molar refractivity (Wildman–Crippen MR) is 156 cm³/mol. The summed E-state index contributed by atoms with van der Waals surface area (Å²) in [6, 6.07) is 7.09. The number of carbonyl (C=O) groups is 2. The van der Waals surface area contributed by atoms with Crippen molar-refractivity contribution < 1.29 is 44.2 Å². The average molecular weight is 611 g/mol. The van der Waals surface area contributed by atoms with Gasteiger partial charge in [-0.2, -0.15) is 0 Å². The largest absolute Gasteiger partial charge is 0.445 e. The first kappa shape index (κ1) is 33.0. The fourth-order valence-electron chi connectivity index (χ4n) is 6.51. The van der Waals surface area contributed by atoms with E-state index in [0.717, 1.165) is 36.6 Å². The molecule has 11 nitrogen and oxygen atoms in total. The molecule has 11 atom stereocenters. The highest BCUT2D eigenvalue weighted by atomic mass is 32.2. The topological polar surface area (TPSA) is 158 Å². The van der Waals surface area contributed by atoms with E-state index in [9.17, 15) is 30.0 Å². The number of hydrogen-bond donors (Lipinski definition) is 5. The maximum Gasteiger partial charge on any atom is 0.410 e. The average Bonchev–Trinajstić information content (AvgIpc) is 3.20. The minimum absolute atomic E-state index is 0.0470. The second-order valence-corrected chi connectivity index (χ2v) is 13.1. The van der Waals surface area contributed by atoms with Gasteiger partial charge < -0.3 is 40.0 Å². The van der Waals surface area contributed by atoms with E-state index in [0.29, 0.717) is 18.4 Å². The van der Waals surface area contributed by atoms with Gasteiger partial charge in [-0.05, 0) is 49.8 Å². The lowest BCUT2D eigenvalue weighted by Gasteiger charge is -2.44. The van der Waals surface area contributed by atoms with E-state index in [1.54, 1.807) is 6.26 Å². The van der Waals surface area contributed by atoms with Gasteiger partial charge in [-0.3, -0.25) is 9.69 Å². The number of thioether (sulfide) groups is 1. The Bertz CT molecular complexity index is 1030. The number of nitrogens with zero attached hydrogens (tertiary/aromatic N) is 1. The molecule has 3 aliphatic heterocycles. The van der Waals surface area contributed by atoms with Crippen molar-refractivity contribution in [1.29, 1.82) is 0 Å². The maximum atomic E-state index is 14.0. The Labute approximate surface area is 251 Å². The Morgan fingerprint density at radius 1 is 1.12 bits per heavy atom. The zero-order valence-corrected chi connectivity index (χ0v) is 25.6. The monoisotopic (exact) mass is 610 g/mol. The lowest BCUT2D eigenvalue weighted by Crippen LogP contribution is -2.66. The number of amides is 2. The van der Waals surface area contributed by atoms with Crippen molar-refractivity contribution in [3.63, 3.8) is 0 Å². The van der Waals surface area contributed by atoms with Crippen LogP contribution in [0.4, 0.5) is 4.79 Å². The van der Waals surface area contributed by atoms with Gasteiger partial charge in [0.25, 0.3) is 0 Å². The maximum absolute atomic E-state index is 14.0. The van der Waals surface area contributed by atoms with E-state index in [2.05, 4.69) is 19.2 Å². The van der Waals surface area contributed by atoms with E-state index in [4.69, 9.17) is 14.2 Å². The molecule has 0 aromatic heterocycles. The van der Waals surface area contributed by atoms with Crippen LogP contribution in [0, 0.1) is 17.8 Å². The highest BCUT2D eigenvalue weighted by Crippen LogP contribution is 2.38. The summed E-state index contributed by atoms with van der Waals surface area (Å²) in [5.74, 6) is 0.239. The summed E-state index contributed by atoms with van der Waals surface area (Å²) in [5.41, 5.74) is -0.0647. The van der Waals surface area contributed by atoms with Crippen LogP contribution in [0.25, 0.3) is 0 Å². The summed E-state index contributed by atoms with van der Waals surface area (Å²) in [4.78, 5) is 28.9. The van der Waals surface area contributed by atoms with Crippen LogP contribution in [0.1, 0.15) is 45.6 Å². The molecule has 3 heterocycles. The standard InChI is InChI=1S/C30H46N2O9S/c1-16(2)12-19-10-11-39-26-20(13-19)14-32(30(38)40-15-18-8-6-5-7-9-18)22(26)28(37)31-21(17(3)33)27-24(35)23(34)25(36)29(41-27)42-4/h5-9,16-17,19-27,29,33-36H,10-15H2,1-4H3,(H,31,37)/t17-,19+,20+,21-,22?,23-,24?,25-,26-,27-,29?/m1/s1. The van der Waals surface area contributed by atoms with Crippen molar-refractivity contribution in [2.75, 3.05) is 19.4 Å². The molecular formula is C30H46N2O9S. The number of nitrogens with one attached hydrogen (secondary N) is 1. The lowest BCUT2D eigenvalue weighted by molar-refractivity contribution is -0.211. The summed E-state index contributed by atoms with van der Waals surface area (Å²) in [5, 5.41) is 44.9. The molecule has 0 radical (unpaired) electrons. The second kappa shape index (κ2) is 14.7. The second-order valence-electron chi connectivity index (χ2n) is 12.2. The van der Waals surface area contributed by atoms with Gasteiger partial charge in [-0.1, -0.05) is 44.2 Å². The van der Waals surface area contributed by atoms with E-state index < -0.39 is 66.1 Å². The third-order valence-electron chi connectivity index (χ3n) is 8.55. The Morgan fingerprint density at radius 3 is 2.48 bits per heavy atom. The normalized spacial score (nSPS) is 34.8. The Kier molecular flexibility index (Phi) is 11.5. The first-order valence-corrected chi connectivity index (χ1v) is 16.1. The molecular weight excluding hydrogens is 564 g/mol. The van der Waals surface area contributed by atoms with Crippen molar-refractivity contribution in [2.45, 2.75) is 101 Å². The molecule has 0 saturated carbocycles. The molecule has 3 fully saturated rings. The lowest BCUT2D eigenvalue weighted by atomic mass is 9.85. The van der Waals surface area contributed by atoms with Gasteiger partial charge in [0.15, 0.2) is 0 Å². The Morgan fingerprint density at radius 2 is 1.83 bits per heavy atom. The fraction of sp³-hybridized carbons (Fsp3) is 0.733. The number of carbonyl (C=O) groups excluding carboxylic acids is 2. The van der Waals surface area contributed by atoms with Gasteiger partial charge in [0.2, 0.25) is 5.91 Å². The molecule has 42 heavy (non-hydrogen) atoms. The number of aliphatic hydroxyl groups is 4. The number of aliphatic hydroxyl groups excluding tert-OH is 4. The van der Waals surface area contributed by atoms with Gasteiger partial charge in [0.1, 0.15) is 42.5 Å². The highest BCUT2D eigenvalue weighted by molar-refractivity contribution is 7.99. The van der Waals surface area contributed by atoms with Crippen LogP contribution in [-0.4, -0.2) is 111 Å². The summed E-state index contributed by atoms with van der Waals surface area (Å²) >= 11 is 1.14. The molecule has 3 unspecified atom stereocenters. The third-order valence-corrected chi connectivity index (χ3v) is 9.40. The van der Waals surface area contributed by atoms with Gasteiger partial charge >= 0.3 is 6.09 Å². The zero-order chi connectivity index (χ0) is 30.6. The molecule has 2 amide bonds. The number of ether oxygens (including phenoxy) is 3. The van der Waals surface area contributed by atoms with E-state index in [1.807, 2.05) is 30.3 Å². The number of rotatable bonds is 9. The summed E-state index contributed by atoms with van der Waals surface area (Å²) in [6.07, 6.45) is -3.71. The van der Waals surface area contributed by atoms with Crippen molar-refractivity contribution in [2.24, 2.45) is 17.8 Å². The van der Waals surface area contributed by atoms with Gasteiger partial charge in [-0.15, -0.1) is 11.8 Å². The number of hydrogen-bond acceptors (Lipinski definition) is 10. The number of benzene rings is 1. The Balaban J connectivity index is 1.56. The summed E-state index contributed by atoms with van der Waals surface area (Å²) < 4.78 is 17.7. The predicted octanol–water partition coefficient (Wildman–Crippen LogP) is 1.50. The highest BCUT2D eigenvalue weighted by Gasteiger charge is 2.53. The van der Waals surface area contributed by atoms with Crippen LogP contribution < -0.4 is 5.32 Å². The van der Waals surface area contributed by atoms with Crippen LogP contribution in [0.5, 0.6) is 0 Å². The smallest absolute Gasteiger partial charge is 0.410 e. The first-order valence-electron chi connectivity index (χ1n) is 14.8. The van der Waals surface area contributed by atoms with Crippen LogP contribution in [-0.2, 0) is 25.6 Å². The SMILES string of the molecule is CSC1O[C@H]([C@H](NC(=O)C2[C@@H]3OCC[C@@H](CC(C)C)C[C@H]3CN2C(=O)OCc2ccccc2)[C@@H](C)O)C(O)[C@@H](O)[C@H]1O. The molecule has 0 aliphatic carbocycles. The molecule has 0 bridgehead atoms. The van der Waals surface area contributed by atoms with Crippen molar-refractivity contribution >= 4 is 23.8 Å². The Hall–Kier alpha value is -1.93. The summed E-state index contributed by atoms with van der Waals surface area (Å²) in [7, 11) is 0. The van der Waals surface area contributed by atoms with Crippen LogP contribution in [0.15, 0.2) is 30.3 Å². The van der Waals surface area contributed by atoms with Crippen LogP contribution >= 0.6 is 11.8 Å². The zero-order valence-electron chi connectivity index (χ0n) is 24.7. The van der Waals surface area contributed by atoms with Crippen LogP contribution in [0.2, 0.25) is 0 Å². The van der Waals surface area contributed by atoms with E-state index >= 15 is 0 Å².